The Morgan fingerprint density at radius 2 is 1.76 bits per heavy atom. The molecule has 0 aromatic heterocycles. The number of anilines is 1. The molecule has 0 radical (unpaired) electrons. The van der Waals surface area contributed by atoms with E-state index in [1.165, 1.54) is 0 Å². The first kappa shape index (κ1) is 15.3. The number of alkyl halides is 2. The molecule has 1 aliphatic rings. The highest BCUT2D eigenvalue weighted by molar-refractivity contribution is 9.26. The molecule has 21 heavy (non-hydrogen) atoms. The molecule has 110 valence electrons. The van der Waals surface area contributed by atoms with Gasteiger partial charge in [-0.1, -0.05) is 31.9 Å². The van der Waals surface area contributed by atoms with E-state index in [1.54, 1.807) is 0 Å². The Hall–Kier alpha value is -2.08. The molecule has 1 aromatic carbocycles. The SMILES string of the molecule is O=C1NN(c2ccc([N+](=O)[O-])cc2[N+](=O)[O-])C(=O)C1(Br)Br. The number of rotatable bonds is 3. The van der Waals surface area contributed by atoms with E-state index >= 15 is 0 Å². The van der Waals surface area contributed by atoms with Crippen molar-refractivity contribution in [1.82, 2.24) is 5.43 Å². The van der Waals surface area contributed by atoms with E-state index in [2.05, 4.69) is 37.3 Å². The molecule has 0 saturated carbocycles. The van der Waals surface area contributed by atoms with Gasteiger partial charge >= 0.3 is 5.69 Å². The lowest BCUT2D eigenvalue weighted by Gasteiger charge is -2.15. The molecule has 0 unspecified atom stereocenters. The molecule has 1 aromatic rings. The number of amides is 2. The number of nitro groups is 2. The van der Waals surface area contributed by atoms with E-state index in [0.29, 0.717) is 11.1 Å². The van der Waals surface area contributed by atoms with Crippen LogP contribution in [-0.2, 0) is 9.59 Å². The number of hydrogen-bond acceptors (Lipinski definition) is 6. The number of carbonyl (C=O) groups excluding carboxylic acids is 2. The number of non-ortho nitro benzene ring substituents is 1. The minimum Gasteiger partial charge on any atom is -0.270 e. The number of hydrazine groups is 1. The highest BCUT2D eigenvalue weighted by Gasteiger charge is 2.52. The Balaban J connectivity index is 2.55. The topological polar surface area (TPSA) is 136 Å². The van der Waals surface area contributed by atoms with Crippen molar-refractivity contribution in [3.8, 4) is 0 Å². The average molecular weight is 424 g/mol. The standard InChI is InChI=1S/C9H4Br2N4O6/c10-9(11)7(16)12-13(8(9)17)5-2-1-4(14(18)19)3-6(5)15(20)21/h1-3H,(H,12,16). The number of carbonyl (C=O) groups is 2. The van der Waals surface area contributed by atoms with Crippen molar-refractivity contribution >= 4 is 60.7 Å². The minimum absolute atomic E-state index is 0.287. The molecule has 0 aliphatic carbocycles. The summed E-state index contributed by atoms with van der Waals surface area (Å²) in [6, 6.07) is 2.71. The van der Waals surface area contributed by atoms with E-state index in [4.69, 9.17) is 0 Å². The van der Waals surface area contributed by atoms with Gasteiger partial charge in [-0.3, -0.25) is 35.2 Å². The molecule has 0 bridgehead atoms. The Morgan fingerprint density at radius 1 is 1.14 bits per heavy atom. The van der Waals surface area contributed by atoms with Crippen molar-refractivity contribution < 1.29 is 19.4 Å². The third kappa shape index (κ3) is 2.47. The molecule has 2 rings (SSSR count). The molecule has 1 N–H and O–H groups in total. The van der Waals surface area contributed by atoms with E-state index < -0.39 is 36.3 Å². The minimum atomic E-state index is -1.74. The zero-order valence-electron chi connectivity index (χ0n) is 9.78. The van der Waals surface area contributed by atoms with Crippen LogP contribution in [0.15, 0.2) is 18.2 Å². The first-order chi connectivity index (χ1) is 9.66. The molecule has 1 heterocycles. The lowest BCUT2D eigenvalue weighted by atomic mass is 10.2. The van der Waals surface area contributed by atoms with Gasteiger partial charge < -0.3 is 0 Å². The normalized spacial score (nSPS) is 16.8. The molecule has 10 nitrogen and oxygen atoms in total. The van der Waals surface area contributed by atoms with Gasteiger partial charge in [0, 0.05) is 6.07 Å². The molecule has 0 atom stereocenters. The van der Waals surface area contributed by atoms with Crippen molar-refractivity contribution in [2.45, 2.75) is 3.23 Å². The second-order valence-electron chi connectivity index (χ2n) is 3.84. The zero-order valence-corrected chi connectivity index (χ0v) is 13.0. The smallest absolute Gasteiger partial charge is 0.270 e. The first-order valence-electron chi connectivity index (χ1n) is 5.12. The quantitative estimate of drug-likeness (QED) is 0.337. The van der Waals surface area contributed by atoms with Gasteiger partial charge in [0.15, 0.2) is 0 Å². The molecule has 1 saturated heterocycles. The van der Waals surface area contributed by atoms with Crippen LogP contribution in [0.2, 0.25) is 0 Å². The molecule has 0 spiro atoms. The summed E-state index contributed by atoms with van der Waals surface area (Å²) in [7, 11) is 0. The van der Waals surface area contributed by atoms with Gasteiger partial charge in [0.2, 0.25) is 3.23 Å². The fourth-order valence-corrected chi connectivity index (χ4v) is 2.12. The highest BCUT2D eigenvalue weighted by Crippen LogP contribution is 2.39. The fourth-order valence-electron chi connectivity index (χ4n) is 1.59. The summed E-state index contributed by atoms with van der Waals surface area (Å²) in [5.41, 5.74) is 0.652. The Bertz CT molecular complexity index is 691. The number of hydrogen-bond donors (Lipinski definition) is 1. The Kier molecular flexibility index (Phi) is 3.67. The lowest BCUT2D eigenvalue weighted by molar-refractivity contribution is -0.393. The van der Waals surface area contributed by atoms with Gasteiger partial charge in [0.05, 0.1) is 15.9 Å². The summed E-state index contributed by atoms with van der Waals surface area (Å²) in [5.74, 6) is -1.62. The van der Waals surface area contributed by atoms with Crippen LogP contribution in [0.3, 0.4) is 0 Å². The van der Waals surface area contributed by atoms with Crippen LogP contribution in [0.5, 0.6) is 0 Å². The number of halogens is 2. The summed E-state index contributed by atoms with van der Waals surface area (Å²) < 4.78 is -1.74. The average Bonchev–Trinajstić information content (AvgIpc) is 2.61. The van der Waals surface area contributed by atoms with Crippen LogP contribution in [0, 0.1) is 20.2 Å². The third-order valence-corrected chi connectivity index (χ3v) is 3.98. The predicted molar refractivity (Wildman–Crippen MR) is 76.0 cm³/mol. The molecule has 1 fully saturated rings. The lowest BCUT2D eigenvalue weighted by Crippen LogP contribution is -2.36. The highest BCUT2D eigenvalue weighted by atomic mass is 79.9. The van der Waals surface area contributed by atoms with Gasteiger partial charge in [-0.2, -0.15) is 0 Å². The van der Waals surface area contributed by atoms with E-state index in [-0.39, 0.29) is 5.69 Å². The van der Waals surface area contributed by atoms with Crippen LogP contribution in [-0.4, -0.2) is 24.9 Å². The van der Waals surface area contributed by atoms with Gasteiger partial charge in [0.1, 0.15) is 5.69 Å². The molecule has 1 aliphatic heterocycles. The first-order valence-corrected chi connectivity index (χ1v) is 6.71. The summed E-state index contributed by atoms with van der Waals surface area (Å²) >= 11 is 5.69. The van der Waals surface area contributed by atoms with Crippen LogP contribution >= 0.6 is 31.9 Å². The third-order valence-electron chi connectivity index (χ3n) is 2.58. The monoisotopic (exact) mass is 422 g/mol. The summed E-state index contributed by atoms with van der Waals surface area (Å²) in [4.78, 5) is 43.6. The van der Waals surface area contributed by atoms with Crippen molar-refractivity contribution in [3.05, 3.63) is 38.4 Å². The maximum atomic E-state index is 12.0. The molecular formula is C9H4Br2N4O6. The number of benzene rings is 1. The molecule has 12 heteroatoms. The van der Waals surface area contributed by atoms with E-state index in [9.17, 15) is 29.8 Å². The van der Waals surface area contributed by atoms with E-state index in [1.807, 2.05) is 0 Å². The predicted octanol–water partition coefficient (Wildman–Crippen LogP) is 1.37. The largest absolute Gasteiger partial charge is 0.301 e. The number of nitrogens with zero attached hydrogens (tertiary/aromatic N) is 3. The fraction of sp³-hybridized carbons (Fsp3) is 0.111. The summed E-state index contributed by atoms with van der Waals surface area (Å²) in [6.07, 6.45) is 0. The second kappa shape index (κ2) is 5.04. The second-order valence-corrected chi connectivity index (χ2v) is 7.29. The van der Waals surface area contributed by atoms with Crippen molar-refractivity contribution in [2.75, 3.05) is 5.01 Å². The van der Waals surface area contributed by atoms with Crippen LogP contribution < -0.4 is 10.4 Å². The van der Waals surface area contributed by atoms with Crippen LogP contribution in [0.25, 0.3) is 0 Å². The summed E-state index contributed by atoms with van der Waals surface area (Å²) in [5, 5.41) is 22.3. The maximum Gasteiger partial charge on any atom is 0.301 e. The van der Waals surface area contributed by atoms with Gasteiger partial charge in [-0.25, -0.2) is 5.01 Å². The summed E-state index contributed by atoms with van der Waals surface area (Å²) in [6.45, 7) is 0. The van der Waals surface area contributed by atoms with Crippen molar-refractivity contribution in [3.63, 3.8) is 0 Å². The zero-order chi connectivity index (χ0) is 15.9. The molecular weight excluding hydrogens is 420 g/mol. The van der Waals surface area contributed by atoms with Gasteiger partial charge in [-0.15, -0.1) is 0 Å². The number of nitro benzene ring substituents is 2. The van der Waals surface area contributed by atoms with E-state index in [0.717, 1.165) is 12.1 Å². The number of nitrogens with one attached hydrogen (secondary N) is 1. The van der Waals surface area contributed by atoms with Gasteiger partial charge in [0.25, 0.3) is 17.5 Å². The van der Waals surface area contributed by atoms with Crippen LogP contribution in [0.4, 0.5) is 17.1 Å². The maximum absolute atomic E-state index is 12.0. The van der Waals surface area contributed by atoms with Crippen LogP contribution in [0.1, 0.15) is 0 Å². The Labute approximate surface area is 132 Å². The van der Waals surface area contributed by atoms with Crippen molar-refractivity contribution in [2.24, 2.45) is 0 Å². The Morgan fingerprint density at radius 3 is 2.19 bits per heavy atom. The van der Waals surface area contributed by atoms with Gasteiger partial charge in [-0.05, 0) is 6.07 Å². The van der Waals surface area contributed by atoms with Crippen molar-refractivity contribution in [1.29, 1.82) is 0 Å². The molecule has 2 amide bonds.